The van der Waals surface area contributed by atoms with E-state index in [2.05, 4.69) is 51.9 Å². The molecule has 0 atom stereocenters. The molecule has 0 saturated heterocycles. The van der Waals surface area contributed by atoms with Crippen LogP contribution in [0.4, 0.5) is 5.13 Å². The largest absolute Gasteiger partial charge is 0.457 e. The summed E-state index contributed by atoms with van der Waals surface area (Å²) in [7, 11) is 0. The molecule has 0 aliphatic rings. The molecule has 7 nitrogen and oxygen atoms in total. The van der Waals surface area contributed by atoms with Crippen molar-refractivity contribution in [3.8, 4) is 0 Å². The van der Waals surface area contributed by atoms with Crippen molar-refractivity contribution in [2.45, 2.75) is 31.9 Å². The van der Waals surface area contributed by atoms with Crippen molar-refractivity contribution in [2.24, 2.45) is 5.16 Å². The minimum atomic E-state index is -0.759. The van der Waals surface area contributed by atoms with E-state index in [1.165, 1.54) is 11.3 Å². The number of thiazole rings is 1. The van der Waals surface area contributed by atoms with Gasteiger partial charge in [-0.2, -0.15) is 0 Å². The molecule has 0 aliphatic heterocycles. The van der Waals surface area contributed by atoms with E-state index in [1.807, 2.05) is 54.6 Å². The number of rotatable bonds is 10. The first kappa shape index (κ1) is 26.8. The molecule has 8 heteroatoms. The van der Waals surface area contributed by atoms with Gasteiger partial charge < -0.3 is 14.9 Å². The topological polar surface area (TPSA) is 89.9 Å². The number of nitrogens with zero attached hydrogens (tertiary/aromatic N) is 2. The average Bonchev–Trinajstić information content (AvgIpc) is 3.38. The third-order valence-electron chi connectivity index (χ3n) is 5.56. The lowest BCUT2D eigenvalue weighted by Crippen LogP contribution is -2.38. The maximum absolute atomic E-state index is 11.9. The van der Waals surface area contributed by atoms with E-state index < -0.39 is 23.7 Å². The second-order valence-corrected chi connectivity index (χ2v) is 10.3. The summed E-state index contributed by atoms with van der Waals surface area (Å²) in [6, 6.07) is 30.4. The minimum absolute atomic E-state index is 0.0254. The fraction of sp³-hybridized carbons (Fsp3) is 0.200. The molecule has 194 valence electrons. The zero-order chi connectivity index (χ0) is 27.0. The zero-order valence-electron chi connectivity index (χ0n) is 21.5. The van der Waals surface area contributed by atoms with Gasteiger partial charge in [-0.3, -0.25) is 4.79 Å². The first-order valence-corrected chi connectivity index (χ1v) is 13.0. The number of ether oxygens (including phenoxy) is 1. The summed E-state index contributed by atoms with van der Waals surface area (Å²) in [5.41, 5.74) is 1.99. The Kier molecular flexibility index (Phi) is 8.33. The molecule has 4 rings (SSSR count). The van der Waals surface area contributed by atoms with Gasteiger partial charge >= 0.3 is 5.97 Å². The first-order valence-electron chi connectivity index (χ1n) is 12.1. The Morgan fingerprint density at radius 1 is 0.895 bits per heavy atom. The lowest BCUT2D eigenvalue weighted by Gasteiger charge is -2.36. The second-order valence-electron chi connectivity index (χ2n) is 9.47. The van der Waals surface area contributed by atoms with Gasteiger partial charge in [0.25, 0.3) is 0 Å². The summed E-state index contributed by atoms with van der Waals surface area (Å²) in [6.45, 7) is 4.86. The van der Waals surface area contributed by atoms with Crippen LogP contribution in [-0.4, -0.2) is 35.2 Å². The van der Waals surface area contributed by atoms with E-state index in [0.29, 0.717) is 17.1 Å². The third-order valence-corrected chi connectivity index (χ3v) is 6.32. The van der Waals surface area contributed by atoms with Crippen molar-refractivity contribution in [1.82, 2.24) is 4.98 Å². The SMILES string of the molecule is CC(C)(C)OC(=O)CO/N=C(\C=O)c1csc(NC(c2ccccc2)(c2ccccc2)c2ccccc2)n1. The van der Waals surface area contributed by atoms with Gasteiger partial charge in [0, 0.05) is 5.38 Å². The predicted octanol–water partition coefficient (Wildman–Crippen LogP) is 5.81. The number of hydrogen-bond donors (Lipinski definition) is 1. The van der Waals surface area contributed by atoms with Crippen LogP contribution < -0.4 is 5.32 Å². The van der Waals surface area contributed by atoms with E-state index in [0.717, 1.165) is 16.7 Å². The Morgan fingerprint density at radius 3 is 1.84 bits per heavy atom. The molecule has 1 heterocycles. The summed E-state index contributed by atoms with van der Waals surface area (Å²) < 4.78 is 5.20. The number of aldehydes is 1. The molecule has 38 heavy (non-hydrogen) atoms. The van der Waals surface area contributed by atoms with Crippen molar-refractivity contribution in [2.75, 3.05) is 11.9 Å². The molecule has 3 aromatic carbocycles. The molecule has 0 aliphatic carbocycles. The summed E-state index contributed by atoms with van der Waals surface area (Å²) in [4.78, 5) is 33.4. The van der Waals surface area contributed by atoms with E-state index in [1.54, 1.807) is 26.2 Å². The van der Waals surface area contributed by atoms with Crippen molar-refractivity contribution < 1.29 is 19.2 Å². The van der Waals surface area contributed by atoms with E-state index >= 15 is 0 Å². The van der Waals surface area contributed by atoms with E-state index in [-0.39, 0.29) is 5.71 Å². The van der Waals surface area contributed by atoms with Crippen LogP contribution in [0.1, 0.15) is 43.2 Å². The van der Waals surface area contributed by atoms with Crippen LogP contribution in [0, 0.1) is 0 Å². The lowest BCUT2D eigenvalue weighted by molar-refractivity contribution is -0.160. The normalized spacial score (nSPS) is 12.0. The molecule has 0 spiro atoms. The maximum Gasteiger partial charge on any atom is 0.347 e. The van der Waals surface area contributed by atoms with Gasteiger partial charge in [0.15, 0.2) is 17.1 Å². The molecular weight excluding hydrogens is 498 g/mol. The number of carbonyl (C=O) groups is 2. The van der Waals surface area contributed by atoms with Gasteiger partial charge in [0.1, 0.15) is 16.8 Å². The van der Waals surface area contributed by atoms with Gasteiger partial charge in [-0.15, -0.1) is 11.3 Å². The monoisotopic (exact) mass is 527 g/mol. The van der Waals surface area contributed by atoms with Crippen LogP contribution in [0.25, 0.3) is 0 Å². The molecular formula is C30H29N3O4S. The van der Waals surface area contributed by atoms with Crippen LogP contribution in [-0.2, 0) is 24.7 Å². The zero-order valence-corrected chi connectivity index (χ0v) is 22.3. The van der Waals surface area contributed by atoms with Crippen LogP contribution >= 0.6 is 11.3 Å². The Bertz CT molecular complexity index is 1280. The molecule has 1 aromatic heterocycles. The van der Waals surface area contributed by atoms with Crippen molar-refractivity contribution in [3.05, 3.63) is 119 Å². The molecule has 0 radical (unpaired) electrons. The quantitative estimate of drug-likeness (QED) is 0.0921. The highest BCUT2D eigenvalue weighted by molar-refractivity contribution is 7.14. The molecule has 0 fully saturated rings. The van der Waals surface area contributed by atoms with Crippen molar-refractivity contribution in [3.63, 3.8) is 0 Å². The number of esters is 1. The van der Waals surface area contributed by atoms with Crippen LogP contribution in [0.5, 0.6) is 0 Å². The number of nitrogens with one attached hydrogen (secondary N) is 1. The average molecular weight is 528 g/mol. The van der Waals surface area contributed by atoms with E-state index in [4.69, 9.17) is 9.57 Å². The molecule has 0 amide bonds. The van der Waals surface area contributed by atoms with Gasteiger partial charge in [-0.25, -0.2) is 9.78 Å². The second kappa shape index (κ2) is 11.8. The number of benzene rings is 3. The Balaban J connectivity index is 1.68. The summed E-state index contributed by atoms with van der Waals surface area (Å²) in [6.07, 6.45) is 0.548. The number of carbonyl (C=O) groups excluding carboxylic acids is 2. The van der Waals surface area contributed by atoms with Gasteiger partial charge in [-0.05, 0) is 37.5 Å². The maximum atomic E-state index is 11.9. The summed E-state index contributed by atoms with van der Waals surface area (Å²) in [5.74, 6) is -0.578. The van der Waals surface area contributed by atoms with Crippen molar-refractivity contribution >= 4 is 34.4 Å². The smallest absolute Gasteiger partial charge is 0.347 e. The van der Waals surface area contributed by atoms with Crippen LogP contribution in [0.3, 0.4) is 0 Å². The third kappa shape index (κ3) is 6.33. The predicted molar refractivity (Wildman–Crippen MR) is 149 cm³/mol. The molecule has 0 saturated carbocycles. The fourth-order valence-corrected chi connectivity index (χ4v) is 4.80. The highest BCUT2D eigenvalue weighted by Gasteiger charge is 2.37. The molecule has 0 unspecified atom stereocenters. The summed E-state index contributed by atoms with van der Waals surface area (Å²) in [5, 5.41) is 9.80. The van der Waals surface area contributed by atoms with E-state index in [9.17, 15) is 9.59 Å². The van der Waals surface area contributed by atoms with Crippen LogP contribution in [0.15, 0.2) is 102 Å². The number of anilines is 1. The lowest BCUT2D eigenvalue weighted by atomic mass is 9.77. The highest BCUT2D eigenvalue weighted by Crippen LogP contribution is 2.40. The molecule has 0 bridgehead atoms. The fourth-order valence-electron chi connectivity index (χ4n) is 4.04. The first-order chi connectivity index (χ1) is 18.3. The van der Waals surface area contributed by atoms with Gasteiger partial charge in [0.2, 0.25) is 6.61 Å². The van der Waals surface area contributed by atoms with Crippen LogP contribution in [0.2, 0.25) is 0 Å². The minimum Gasteiger partial charge on any atom is -0.457 e. The Hall–Kier alpha value is -4.30. The molecule has 1 N–H and O–H groups in total. The number of hydrogen-bond acceptors (Lipinski definition) is 8. The van der Waals surface area contributed by atoms with Crippen molar-refractivity contribution in [1.29, 1.82) is 0 Å². The standard InChI is InChI=1S/C30H29N3O4S/c1-29(2,3)37-27(35)20-36-33-25(19-34)26-21-38-28(31-26)32-30(22-13-7-4-8-14-22,23-15-9-5-10-16-23)24-17-11-6-12-18-24/h4-19,21H,20H2,1-3H3,(H,31,32)/b33-25+. The number of aromatic nitrogens is 1. The Morgan fingerprint density at radius 2 is 1.39 bits per heavy atom. The Labute approximate surface area is 226 Å². The molecule has 4 aromatic rings. The van der Waals surface area contributed by atoms with Gasteiger partial charge in [0.05, 0.1) is 0 Å². The van der Waals surface area contributed by atoms with Gasteiger partial charge in [-0.1, -0.05) is 96.2 Å². The number of oxime groups is 1. The summed E-state index contributed by atoms with van der Waals surface area (Å²) >= 11 is 1.34. The highest BCUT2D eigenvalue weighted by atomic mass is 32.1.